The van der Waals surface area contributed by atoms with Crippen LogP contribution < -0.4 is 0 Å². The summed E-state index contributed by atoms with van der Waals surface area (Å²) in [4.78, 5) is 103. The van der Waals surface area contributed by atoms with Crippen LogP contribution in [0.1, 0.15) is 342 Å². The molecule has 0 aliphatic heterocycles. The Morgan fingerprint density at radius 3 is 0.616 bits per heavy atom. The molecule has 428 valence electrons. The molecule has 0 bridgehead atoms. The summed E-state index contributed by atoms with van der Waals surface area (Å²) in [6.45, 7) is 6.71. The lowest BCUT2D eigenvalue weighted by atomic mass is 9.96. The van der Waals surface area contributed by atoms with Crippen molar-refractivity contribution in [2.24, 2.45) is 0 Å². The van der Waals surface area contributed by atoms with E-state index in [4.69, 9.17) is 0 Å². The van der Waals surface area contributed by atoms with Crippen LogP contribution in [0.25, 0.3) is 0 Å². The van der Waals surface area contributed by atoms with E-state index < -0.39 is 54.3 Å². The summed E-state index contributed by atoms with van der Waals surface area (Å²) in [5.74, 6) is -6.95. The van der Waals surface area contributed by atoms with Crippen molar-refractivity contribution in [3.63, 3.8) is 0 Å². The molecule has 0 unspecified atom stereocenters. The molecule has 73 heavy (non-hydrogen) atoms. The fourth-order valence-corrected chi connectivity index (χ4v) is 9.14. The molecule has 0 spiro atoms. The maximum absolute atomic E-state index is 13.1. The summed E-state index contributed by atoms with van der Waals surface area (Å²) >= 11 is 0. The maximum Gasteiger partial charge on any atom is 0.387 e. The van der Waals surface area contributed by atoms with Gasteiger partial charge in [-0.25, -0.2) is 58.1 Å². The van der Waals surface area contributed by atoms with E-state index in [1.54, 1.807) is 0 Å². The first-order chi connectivity index (χ1) is 35.6. The van der Waals surface area contributed by atoms with E-state index in [-0.39, 0.29) is 19.3 Å². The molecule has 1 N–H and O–H groups in total. The van der Waals surface area contributed by atoms with Crippen LogP contribution in [0.2, 0.25) is 0 Å². The molecule has 0 heterocycles. The molecule has 0 aliphatic rings. The molecule has 0 aromatic rings. The number of aliphatic hydroxyl groups is 1. The molecule has 0 aromatic heterocycles. The van der Waals surface area contributed by atoms with Crippen molar-refractivity contribution in [2.45, 2.75) is 347 Å². The second-order valence-electron chi connectivity index (χ2n) is 21.1. The summed E-state index contributed by atoms with van der Waals surface area (Å²) in [6, 6.07) is 0. The Morgan fingerprint density at radius 1 is 0.247 bits per heavy atom. The van der Waals surface area contributed by atoms with Gasteiger partial charge in [0, 0.05) is 0 Å². The Hall–Kier alpha value is -3.22. The lowest BCUT2D eigenvalue weighted by Crippen LogP contribution is -2.45. The van der Waals surface area contributed by atoms with E-state index >= 15 is 0 Å². The van der Waals surface area contributed by atoms with Gasteiger partial charge in [0.1, 0.15) is 0 Å². The number of hydrogen-bond acceptors (Lipinski definition) is 13. The van der Waals surface area contributed by atoms with Gasteiger partial charge in [0.05, 0.1) is 32.1 Å². The molecule has 0 amide bonds. The van der Waals surface area contributed by atoms with Gasteiger partial charge in [-0.15, -0.1) is 0 Å². The number of unbranched alkanes of at least 4 members (excludes halogenated alkanes) is 42. The van der Waals surface area contributed by atoms with Gasteiger partial charge < -0.3 is 5.11 Å². The number of carbonyl (C=O) groups excluding carboxylic acids is 6. The maximum atomic E-state index is 13.1. The third kappa shape index (κ3) is 49.4. The molecule has 0 aromatic carbocycles. The van der Waals surface area contributed by atoms with Crippen molar-refractivity contribution < 1.29 is 63.2 Å². The summed E-state index contributed by atoms with van der Waals surface area (Å²) < 4.78 is 0. The Labute approximate surface area is 445 Å². The quantitative estimate of drug-likeness (QED) is 0.0346. The van der Waals surface area contributed by atoms with Gasteiger partial charge in [-0.1, -0.05) is 290 Å². The van der Waals surface area contributed by atoms with E-state index in [0.717, 1.165) is 77.0 Å². The van der Waals surface area contributed by atoms with E-state index in [9.17, 15) is 33.9 Å². The summed E-state index contributed by atoms with van der Waals surface area (Å²) in [7, 11) is 0. The van der Waals surface area contributed by atoms with Crippen LogP contribution in [0.15, 0.2) is 0 Å². The second kappa shape index (κ2) is 53.6. The highest BCUT2D eigenvalue weighted by molar-refractivity contribution is 5.90. The highest BCUT2D eigenvalue weighted by Crippen LogP contribution is 2.22. The van der Waals surface area contributed by atoms with Crippen molar-refractivity contribution >= 4 is 35.8 Å². The van der Waals surface area contributed by atoms with Gasteiger partial charge in [-0.2, -0.15) is 0 Å². The molecule has 0 radical (unpaired) electrons. The lowest BCUT2D eigenvalue weighted by molar-refractivity contribution is -0.279. The largest absolute Gasteiger partial charge is 0.387 e. The smallest absolute Gasteiger partial charge is 0.377 e. The zero-order chi connectivity index (χ0) is 53.6. The first kappa shape index (κ1) is 69.8. The molecule has 0 atom stereocenters. The Balaban J connectivity index is 4.71. The van der Waals surface area contributed by atoms with Crippen molar-refractivity contribution in [3.8, 4) is 0 Å². The van der Waals surface area contributed by atoms with E-state index in [0.29, 0.717) is 19.3 Å². The van der Waals surface area contributed by atoms with Crippen molar-refractivity contribution in [1.29, 1.82) is 0 Å². The number of hydrogen-bond donors (Lipinski definition) is 1. The van der Waals surface area contributed by atoms with Crippen LogP contribution in [0, 0.1) is 0 Å². The Bertz CT molecular complexity index is 1260. The highest BCUT2D eigenvalue weighted by Gasteiger charge is 2.46. The van der Waals surface area contributed by atoms with Crippen LogP contribution in [0.5, 0.6) is 0 Å². The van der Waals surface area contributed by atoms with Crippen LogP contribution in [-0.4, -0.2) is 46.5 Å². The SMILES string of the molecule is CCCCCCCCCCCCCCCCCC(=O)OOC(=O)CC(O)(CC(=O)OOC(=O)CCCCCCCCCCCCCCCCC)C(=O)OOC(=O)CCCCCCCCCCCCCCCCC. The molecule has 0 rings (SSSR count). The van der Waals surface area contributed by atoms with Crippen LogP contribution in [0.3, 0.4) is 0 Å². The van der Waals surface area contributed by atoms with Gasteiger partial charge in [0.2, 0.25) is 0 Å². The highest BCUT2D eigenvalue weighted by atomic mass is 17.2. The van der Waals surface area contributed by atoms with E-state index in [1.165, 1.54) is 193 Å². The third-order valence-electron chi connectivity index (χ3n) is 13.9. The van der Waals surface area contributed by atoms with Gasteiger partial charge in [0.25, 0.3) is 0 Å². The zero-order valence-corrected chi connectivity index (χ0v) is 47.2. The standard InChI is InChI=1S/C60H110O13/c1-4-7-10-13-16-19-22-25-28-31-34-37-40-43-46-49-54(61)68-71-57(64)52-60(67,59(66)73-70-56(63)51-48-45-42-39-36-33-30-27-24-21-18-15-12-9-6-3)53-58(65)72-69-55(62)50-47-44-41-38-35-32-29-26-23-20-17-14-11-8-5-2/h67H,4-53H2,1-3H3. The second-order valence-corrected chi connectivity index (χ2v) is 21.1. The fraction of sp³-hybridized carbons (Fsp3) is 0.900. The lowest BCUT2D eigenvalue weighted by Gasteiger charge is -2.21. The Morgan fingerprint density at radius 2 is 0.411 bits per heavy atom. The molecule has 0 saturated carbocycles. The van der Waals surface area contributed by atoms with Gasteiger partial charge in [-0.3, -0.25) is 0 Å². The molecule has 13 heteroatoms. The zero-order valence-electron chi connectivity index (χ0n) is 47.2. The number of rotatable bonds is 53. The van der Waals surface area contributed by atoms with E-state index in [2.05, 4.69) is 50.1 Å². The van der Waals surface area contributed by atoms with Crippen LogP contribution in [-0.2, 0) is 58.1 Å². The minimum absolute atomic E-state index is 0.00967. The predicted molar refractivity (Wildman–Crippen MR) is 289 cm³/mol. The van der Waals surface area contributed by atoms with Gasteiger partial charge in [-0.05, 0) is 19.3 Å². The molecular formula is C60H110O13. The minimum atomic E-state index is -3.00. The molecular weight excluding hydrogens is 929 g/mol. The summed E-state index contributed by atoms with van der Waals surface area (Å²) in [6.07, 6.45) is 49.9. The minimum Gasteiger partial charge on any atom is -0.377 e. The van der Waals surface area contributed by atoms with E-state index in [1.807, 2.05) is 0 Å². The first-order valence-corrected chi connectivity index (χ1v) is 30.5. The van der Waals surface area contributed by atoms with Gasteiger partial charge >= 0.3 is 35.8 Å². The Kier molecular flexibility index (Phi) is 51.2. The van der Waals surface area contributed by atoms with Crippen molar-refractivity contribution in [3.05, 3.63) is 0 Å². The van der Waals surface area contributed by atoms with Gasteiger partial charge in [0.15, 0.2) is 5.60 Å². The van der Waals surface area contributed by atoms with Crippen LogP contribution in [0.4, 0.5) is 0 Å². The van der Waals surface area contributed by atoms with Crippen molar-refractivity contribution in [1.82, 2.24) is 0 Å². The molecule has 0 saturated heterocycles. The average molecular weight is 1040 g/mol. The molecule has 0 aliphatic carbocycles. The summed E-state index contributed by atoms with van der Waals surface area (Å²) in [5.41, 5.74) is -3.00. The topological polar surface area (TPSA) is 178 Å². The molecule has 0 fully saturated rings. The van der Waals surface area contributed by atoms with Crippen LogP contribution >= 0.6 is 0 Å². The van der Waals surface area contributed by atoms with Crippen molar-refractivity contribution in [2.75, 3.05) is 0 Å². The monoisotopic (exact) mass is 1040 g/mol. The first-order valence-electron chi connectivity index (χ1n) is 30.5. The average Bonchev–Trinajstić information content (AvgIpc) is 3.37. The molecule has 13 nitrogen and oxygen atoms in total. The third-order valence-corrected chi connectivity index (χ3v) is 13.9. The number of carbonyl (C=O) groups is 6. The normalized spacial score (nSPS) is 11.3. The predicted octanol–water partition coefficient (Wildman–Crippen LogP) is 17.3. The fourth-order valence-electron chi connectivity index (χ4n) is 9.14. The summed E-state index contributed by atoms with van der Waals surface area (Å²) in [5, 5.41) is 11.2.